The SMILES string of the molecule is C.CCNCC(=O)/C=C/c1cn(C(C)C)c(=O)[nH]c1=O. The van der Waals surface area contributed by atoms with Crippen LogP contribution in [-0.4, -0.2) is 28.4 Å². The number of nitrogens with zero attached hydrogens (tertiary/aromatic N) is 1. The van der Waals surface area contributed by atoms with Crippen LogP contribution in [0, 0.1) is 0 Å². The molecule has 0 saturated heterocycles. The van der Waals surface area contributed by atoms with Gasteiger partial charge in [0, 0.05) is 12.2 Å². The molecule has 1 aromatic heterocycles. The molecule has 1 aromatic rings. The first-order chi connectivity index (χ1) is 8.95. The van der Waals surface area contributed by atoms with Gasteiger partial charge in [-0.25, -0.2) is 4.79 Å². The maximum absolute atomic E-state index is 11.6. The fourth-order valence-corrected chi connectivity index (χ4v) is 1.49. The van der Waals surface area contributed by atoms with Crippen molar-refractivity contribution in [3.63, 3.8) is 0 Å². The summed E-state index contributed by atoms with van der Waals surface area (Å²) in [6.45, 7) is 6.51. The van der Waals surface area contributed by atoms with Gasteiger partial charge in [0.1, 0.15) is 0 Å². The lowest BCUT2D eigenvalue weighted by Crippen LogP contribution is -2.31. The van der Waals surface area contributed by atoms with E-state index in [0.29, 0.717) is 6.54 Å². The van der Waals surface area contributed by atoms with Crippen LogP contribution in [0.5, 0.6) is 0 Å². The number of hydrogen-bond acceptors (Lipinski definition) is 4. The zero-order valence-electron chi connectivity index (χ0n) is 11.4. The third-order valence-electron chi connectivity index (χ3n) is 2.55. The first-order valence-electron chi connectivity index (χ1n) is 6.22. The molecule has 0 amide bonds. The first kappa shape index (κ1) is 18.0. The molecule has 0 spiro atoms. The Kier molecular flexibility index (Phi) is 7.46. The van der Waals surface area contributed by atoms with E-state index in [1.54, 1.807) is 0 Å². The molecule has 112 valence electrons. The summed E-state index contributed by atoms with van der Waals surface area (Å²) >= 11 is 0. The van der Waals surface area contributed by atoms with Crippen molar-refractivity contribution >= 4 is 11.9 Å². The summed E-state index contributed by atoms with van der Waals surface area (Å²) in [5, 5.41) is 2.90. The number of aromatic nitrogens is 2. The summed E-state index contributed by atoms with van der Waals surface area (Å²) in [7, 11) is 0. The normalized spacial score (nSPS) is 10.8. The average molecular weight is 281 g/mol. The van der Waals surface area contributed by atoms with Gasteiger partial charge in [0.2, 0.25) is 0 Å². The molecule has 0 radical (unpaired) electrons. The van der Waals surface area contributed by atoms with Crippen molar-refractivity contribution in [2.45, 2.75) is 34.2 Å². The lowest BCUT2D eigenvalue weighted by atomic mass is 10.2. The van der Waals surface area contributed by atoms with Crippen LogP contribution in [0.4, 0.5) is 0 Å². The van der Waals surface area contributed by atoms with Gasteiger partial charge in [-0.1, -0.05) is 14.4 Å². The van der Waals surface area contributed by atoms with Crippen molar-refractivity contribution in [1.29, 1.82) is 0 Å². The molecule has 0 atom stereocenters. The van der Waals surface area contributed by atoms with Crippen molar-refractivity contribution in [3.8, 4) is 0 Å². The van der Waals surface area contributed by atoms with Gasteiger partial charge in [0.25, 0.3) is 5.56 Å². The molecule has 0 fully saturated rings. The van der Waals surface area contributed by atoms with E-state index in [2.05, 4.69) is 10.3 Å². The van der Waals surface area contributed by atoms with Crippen molar-refractivity contribution in [2.75, 3.05) is 13.1 Å². The maximum Gasteiger partial charge on any atom is 0.328 e. The summed E-state index contributed by atoms with van der Waals surface area (Å²) in [5.41, 5.74) is -0.649. The van der Waals surface area contributed by atoms with Crippen LogP contribution in [0.1, 0.15) is 39.8 Å². The number of rotatable bonds is 6. The van der Waals surface area contributed by atoms with E-state index < -0.39 is 11.2 Å². The molecule has 0 aromatic carbocycles. The van der Waals surface area contributed by atoms with Crippen molar-refractivity contribution < 1.29 is 4.79 Å². The van der Waals surface area contributed by atoms with Gasteiger partial charge >= 0.3 is 5.69 Å². The van der Waals surface area contributed by atoms with Crippen LogP contribution < -0.4 is 16.6 Å². The molecule has 0 unspecified atom stereocenters. The van der Waals surface area contributed by atoms with Gasteiger partial charge in [-0.05, 0) is 32.5 Å². The summed E-state index contributed by atoms with van der Waals surface area (Å²) in [5.74, 6) is -0.122. The minimum Gasteiger partial charge on any atom is -0.310 e. The van der Waals surface area contributed by atoms with Crippen LogP contribution in [0.15, 0.2) is 21.9 Å². The molecule has 2 N–H and O–H groups in total. The zero-order valence-corrected chi connectivity index (χ0v) is 11.4. The smallest absolute Gasteiger partial charge is 0.310 e. The van der Waals surface area contributed by atoms with Gasteiger partial charge in [-0.2, -0.15) is 0 Å². The number of carbonyl (C=O) groups is 1. The van der Waals surface area contributed by atoms with Crippen molar-refractivity contribution in [3.05, 3.63) is 38.7 Å². The minimum atomic E-state index is -0.491. The fourth-order valence-electron chi connectivity index (χ4n) is 1.49. The van der Waals surface area contributed by atoms with Crippen LogP contribution in [0.25, 0.3) is 6.08 Å². The molecule has 0 aliphatic rings. The highest BCUT2D eigenvalue weighted by atomic mass is 16.2. The lowest BCUT2D eigenvalue weighted by molar-refractivity contribution is -0.113. The Labute approximate surface area is 118 Å². The molecule has 0 aliphatic heterocycles. The van der Waals surface area contributed by atoms with Gasteiger partial charge in [-0.15, -0.1) is 0 Å². The fraction of sp³-hybridized carbons (Fsp3) is 0.500. The monoisotopic (exact) mass is 281 g/mol. The Morgan fingerprint density at radius 3 is 2.65 bits per heavy atom. The number of likely N-dealkylation sites (N-methyl/N-ethyl adjacent to an activating group) is 1. The Morgan fingerprint density at radius 1 is 1.45 bits per heavy atom. The number of ketones is 1. The molecule has 6 heteroatoms. The summed E-state index contributed by atoms with van der Waals surface area (Å²) in [6, 6.07) is -0.0611. The Balaban J connectivity index is 0.00000361. The predicted octanol–water partition coefficient (Wildman–Crippen LogP) is 0.945. The highest BCUT2D eigenvalue weighted by Gasteiger charge is 2.05. The minimum absolute atomic E-state index is 0. The topological polar surface area (TPSA) is 84.0 Å². The molecule has 1 rings (SSSR count). The number of nitrogens with one attached hydrogen (secondary N) is 2. The summed E-state index contributed by atoms with van der Waals surface area (Å²) in [4.78, 5) is 36.8. The Bertz CT molecular complexity index is 582. The molecule has 0 aliphatic carbocycles. The number of carbonyl (C=O) groups excluding carboxylic acids is 1. The van der Waals surface area contributed by atoms with Crippen LogP contribution in [0.3, 0.4) is 0 Å². The van der Waals surface area contributed by atoms with Gasteiger partial charge in [-0.3, -0.25) is 19.1 Å². The van der Waals surface area contributed by atoms with Gasteiger partial charge < -0.3 is 5.32 Å². The Morgan fingerprint density at radius 2 is 2.10 bits per heavy atom. The standard InChI is InChI=1S/C13H19N3O3.CH4/c1-4-14-7-11(17)6-5-10-8-16(9(2)3)13(19)15-12(10)18;/h5-6,8-9,14H,4,7H2,1-3H3,(H,15,18,19);1H4/b6-5+;. The largest absolute Gasteiger partial charge is 0.328 e. The highest BCUT2D eigenvalue weighted by molar-refractivity contribution is 5.94. The lowest BCUT2D eigenvalue weighted by Gasteiger charge is -2.08. The van der Waals surface area contributed by atoms with E-state index in [9.17, 15) is 14.4 Å². The zero-order chi connectivity index (χ0) is 14.4. The maximum atomic E-state index is 11.6. The van der Waals surface area contributed by atoms with E-state index in [4.69, 9.17) is 0 Å². The van der Waals surface area contributed by atoms with Gasteiger partial charge in [0.15, 0.2) is 5.78 Å². The highest BCUT2D eigenvalue weighted by Crippen LogP contribution is 2.00. The number of H-pyrrole nitrogens is 1. The molecular weight excluding hydrogens is 258 g/mol. The first-order valence-corrected chi connectivity index (χ1v) is 6.22. The molecular formula is C14H23N3O3. The second kappa shape index (κ2) is 8.27. The third-order valence-corrected chi connectivity index (χ3v) is 2.55. The van der Waals surface area contributed by atoms with E-state index in [1.807, 2.05) is 20.8 Å². The molecule has 0 saturated carbocycles. The quantitative estimate of drug-likeness (QED) is 0.760. The second-order valence-electron chi connectivity index (χ2n) is 4.42. The molecule has 0 bridgehead atoms. The molecule has 20 heavy (non-hydrogen) atoms. The number of aromatic amines is 1. The summed E-state index contributed by atoms with van der Waals surface area (Å²) in [6.07, 6.45) is 4.22. The van der Waals surface area contributed by atoms with Crippen LogP contribution in [0.2, 0.25) is 0 Å². The van der Waals surface area contributed by atoms with Crippen molar-refractivity contribution in [2.24, 2.45) is 0 Å². The van der Waals surface area contributed by atoms with E-state index in [0.717, 1.165) is 0 Å². The van der Waals surface area contributed by atoms with Crippen LogP contribution in [-0.2, 0) is 4.79 Å². The van der Waals surface area contributed by atoms with E-state index >= 15 is 0 Å². The Hall–Kier alpha value is -1.95. The van der Waals surface area contributed by atoms with E-state index in [-0.39, 0.29) is 31.4 Å². The molecule has 1 heterocycles. The van der Waals surface area contributed by atoms with Gasteiger partial charge in [0.05, 0.1) is 12.1 Å². The third kappa shape index (κ3) is 4.97. The molecule has 6 nitrogen and oxygen atoms in total. The van der Waals surface area contributed by atoms with Crippen molar-refractivity contribution in [1.82, 2.24) is 14.9 Å². The number of hydrogen-bond donors (Lipinski definition) is 2. The van der Waals surface area contributed by atoms with Crippen LogP contribution >= 0.6 is 0 Å². The predicted molar refractivity (Wildman–Crippen MR) is 81.0 cm³/mol. The van der Waals surface area contributed by atoms with E-state index in [1.165, 1.54) is 22.9 Å². The second-order valence-corrected chi connectivity index (χ2v) is 4.42. The summed E-state index contributed by atoms with van der Waals surface area (Å²) < 4.78 is 1.41. The average Bonchev–Trinajstić information content (AvgIpc) is 2.34.